The Kier molecular flexibility index (Phi) is 7.91. The van der Waals surface area contributed by atoms with E-state index >= 15 is 0 Å². The fourth-order valence-electron chi connectivity index (χ4n) is 2.94. The zero-order chi connectivity index (χ0) is 22.1. The lowest BCUT2D eigenvalue weighted by Crippen LogP contribution is -2.27. The van der Waals surface area contributed by atoms with Crippen molar-refractivity contribution in [1.29, 1.82) is 5.26 Å². The maximum Gasteiger partial charge on any atom is 0.267 e. The molecule has 3 aromatic carbocycles. The lowest BCUT2D eigenvalue weighted by Gasteiger charge is -2.25. The fourth-order valence-corrected chi connectivity index (χ4v) is 3.86. The molecule has 0 atom stereocenters. The molecule has 0 spiro atoms. The quantitative estimate of drug-likeness (QED) is 0.349. The number of amides is 1. The standard InChI is InChI=1S/C26H25N3OS/c1-20(2)29(18-21-11-5-3-6-12-21)19-22(17-27)26(30)28-24-15-9-10-16-25(24)31-23-13-7-4-8-14-23/h3-16,19-20H,18H2,1-2H3,(H,28,30)/b22-19-. The van der Waals surface area contributed by atoms with Crippen LogP contribution in [0.25, 0.3) is 0 Å². The zero-order valence-electron chi connectivity index (χ0n) is 17.7. The van der Waals surface area contributed by atoms with Crippen LogP contribution in [0.2, 0.25) is 0 Å². The number of carbonyl (C=O) groups excluding carboxylic acids is 1. The first kappa shape index (κ1) is 22.2. The summed E-state index contributed by atoms with van der Waals surface area (Å²) in [4.78, 5) is 16.9. The highest BCUT2D eigenvalue weighted by Crippen LogP contribution is 2.33. The largest absolute Gasteiger partial charge is 0.369 e. The number of nitriles is 1. The van der Waals surface area contributed by atoms with E-state index in [0.717, 1.165) is 15.4 Å². The van der Waals surface area contributed by atoms with Gasteiger partial charge >= 0.3 is 0 Å². The highest BCUT2D eigenvalue weighted by atomic mass is 32.2. The van der Waals surface area contributed by atoms with Gasteiger partial charge in [-0.05, 0) is 43.7 Å². The van der Waals surface area contributed by atoms with Gasteiger partial charge in [0.2, 0.25) is 0 Å². The molecule has 0 aliphatic heterocycles. The van der Waals surface area contributed by atoms with Crippen molar-refractivity contribution in [2.24, 2.45) is 0 Å². The minimum absolute atomic E-state index is 0.0733. The Hall–Kier alpha value is -3.49. The van der Waals surface area contributed by atoms with Crippen LogP contribution in [0.3, 0.4) is 0 Å². The number of carbonyl (C=O) groups is 1. The van der Waals surface area contributed by atoms with E-state index in [1.54, 1.807) is 18.0 Å². The Morgan fingerprint density at radius 1 is 1.00 bits per heavy atom. The van der Waals surface area contributed by atoms with Crippen molar-refractivity contribution in [3.8, 4) is 6.07 Å². The molecule has 0 aromatic heterocycles. The third-order valence-electron chi connectivity index (χ3n) is 4.64. The number of hydrogen-bond acceptors (Lipinski definition) is 4. The van der Waals surface area contributed by atoms with Crippen molar-refractivity contribution in [2.45, 2.75) is 36.2 Å². The molecule has 0 aliphatic rings. The Morgan fingerprint density at radius 2 is 1.61 bits per heavy atom. The minimum Gasteiger partial charge on any atom is -0.369 e. The van der Waals surface area contributed by atoms with E-state index in [9.17, 15) is 10.1 Å². The van der Waals surface area contributed by atoms with Crippen LogP contribution in [-0.2, 0) is 11.3 Å². The molecular weight excluding hydrogens is 402 g/mol. The van der Waals surface area contributed by atoms with Crippen LogP contribution in [0.1, 0.15) is 19.4 Å². The molecule has 0 unspecified atom stereocenters. The fraction of sp³-hybridized carbons (Fsp3) is 0.154. The van der Waals surface area contributed by atoms with Gasteiger partial charge in [-0.3, -0.25) is 4.79 Å². The SMILES string of the molecule is CC(C)N(/C=C(/C#N)C(=O)Nc1ccccc1Sc1ccccc1)Cc1ccccc1. The van der Waals surface area contributed by atoms with Crippen LogP contribution in [0.5, 0.6) is 0 Å². The van der Waals surface area contributed by atoms with Gasteiger partial charge in [0.05, 0.1) is 5.69 Å². The molecule has 1 N–H and O–H groups in total. The molecule has 0 fully saturated rings. The number of anilines is 1. The van der Waals surface area contributed by atoms with Gasteiger partial charge in [-0.25, -0.2) is 0 Å². The van der Waals surface area contributed by atoms with E-state index in [-0.39, 0.29) is 11.6 Å². The summed E-state index contributed by atoms with van der Waals surface area (Å²) in [6.07, 6.45) is 1.65. The average molecular weight is 428 g/mol. The summed E-state index contributed by atoms with van der Waals surface area (Å²) in [6, 6.07) is 29.8. The van der Waals surface area contributed by atoms with Gasteiger partial charge < -0.3 is 10.2 Å². The average Bonchev–Trinajstić information content (AvgIpc) is 2.79. The summed E-state index contributed by atoms with van der Waals surface area (Å²) in [7, 11) is 0. The minimum atomic E-state index is -0.415. The van der Waals surface area contributed by atoms with Crippen LogP contribution >= 0.6 is 11.8 Å². The van der Waals surface area contributed by atoms with Gasteiger partial charge in [0.1, 0.15) is 11.6 Å². The monoisotopic (exact) mass is 427 g/mol. The van der Waals surface area contributed by atoms with E-state index in [1.807, 2.05) is 104 Å². The van der Waals surface area contributed by atoms with E-state index in [1.165, 1.54) is 0 Å². The highest BCUT2D eigenvalue weighted by Gasteiger charge is 2.15. The second-order valence-corrected chi connectivity index (χ2v) is 8.39. The third-order valence-corrected chi connectivity index (χ3v) is 5.72. The third kappa shape index (κ3) is 6.50. The van der Waals surface area contributed by atoms with Crippen molar-refractivity contribution in [1.82, 2.24) is 4.90 Å². The summed E-state index contributed by atoms with van der Waals surface area (Å²) in [5.74, 6) is -0.415. The summed E-state index contributed by atoms with van der Waals surface area (Å²) in [5.41, 5.74) is 1.88. The molecule has 0 saturated heterocycles. The lowest BCUT2D eigenvalue weighted by atomic mass is 10.2. The number of hydrogen-bond donors (Lipinski definition) is 1. The molecule has 156 valence electrons. The molecule has 4 nitrogen and oxygen atoms in total. The molecule has 3 rings (SSSR count). The normalized spacial score (nSPS) is 11.1. The maximum atomic E-state index is 12.9. The Balaban J connectivity index is 1.78. The van der Waals surface area contributed by atoms with Crippen LogP contribution in [0.4, 0.5) is 5.69 Å². The van der Waals surface area contributed by atoms with Crippen LogP contribution in [0, 0.1) is 11.3 Å². The van der Waals surface area contributed by atoms with Gasteiger partial charge in [-0.1, -0.05) is 72.4 Å². The smallest absolute Gasteiger partial charge is 0.267 e. The molecule has 0 heterocycles. The first-order chi connectivity index (χ1) is 15.1. The van der Waals surface area contributed by atoms with Gasteiger partial charge in [0, 0.05) is 28.6 Å². The van der Waals surface area contributed by atoms with Gasteiger partial charge in [0.25, 0.3) is 5.91 Å². The first-order valence-corrected chi connectivity index (χ1v) is 10.9. The topological polar surface area (TPSA) is 56.1 Å². The lowest BCUT2D eigenvalue weighted by molar-refractivity contribution is -0.112. The predicted octanol–water partition coefficient (Wildman–Crippen LogP) is 6.09. The summed E-state index contributed by atoms with van der Waals surface area (Å²) in [5, 5.41) is 12.6. The molecule has 1 amide bonds. The number of nitrogens with one attached hydrogen (secondary N) is 1. The van der Waals surface area contributed by atoms with Crippen molar-refractivity contribution in [3.05, 3.63) is 102 Å². The molecule has 0 saturated carbocycles. The van der Waals surface area contributed by atoms with Crippen molar-refractivity contribution >= 4 is 23.4 Å². The Labute approximate surface area is 188 Å². The van der Waals surface area contributed by atoms with E-state index in [0.29, 0.717) is 12.2 Å². The van der Waals surface area contributed by atoms with E-state index in [2.05, 4.69) is 11.4 Å². The Bertz CT molecular complexity index is 1070. The first-order valence-electron chi connectivity index (χ1n) is 10.1. The molecule has 0 aliphatic carbocycles. The molecule has 5 heteroatoms. The molecule has 31 heavy (non-hydrogen) atoms. The highest BCUT2D eigenvalue weighted by molar-refractivity contribution is 7.99. The van der Waals surface area contributed by atoms with E-state index in [4.69, 9.17) is 0 Å². The number of benzene rings is 3. The summed E-state index contributed by atoms with van der Waals surface area (Å²) >= 11 is 1.57. The number of para-hydroxylation sites is 1. The zero-order valence-corrected chi connectivity index (χ0v) is 18.5. The van der Waals surface area contributed by atoms with Crippen molar-refractivity contribution in [3.63, 3.8) is 0 Å². The van der Waals surface area contributed by atoms with Crippen molar-refractivity contribution in [2.75, 3.05) is 5.32 Å². The molecule has 0 radical (unpaired) electrons. The second kappa shape index (κ2) is 11.1. The number of rotatable bonds is 8. The summed E-state index contributed by atoms with van der Waals surface area (Å²) < 4.78 is 0. The summed E-state index contributed by atoms with van der Waals surface area (Å²) in [6.45, 7) is 4.70. The van der Waals surface area contributed by atoms with Gasteiger partial charge in [-0.2, -0.15) is 5.26 Å². The molecule has 0 bridgehead atoms. The molecular formula is C26H25N3OS. The number of nitrogens with zero attached hydrogens (tertiary/aromatic N) is 2. The van der Waals surface area contributed by atoms with Gasteiger partial charge in [0.15, 0.2) is 0 Å². The van der Waals surface area contributed by atoms with Gasteiger partial charge in [-0.15, -0.1) is 0 Å². The van der Waals surface area contributed by atoms with Crippen LogP contribution in [-0.4, -0.2) is 16.8 Å². The maximum absolute atomic E-state index is 12.9. The van der Waals surface area contributed by atoms with E-state index < -0.39 is 5.91 Å². The second-order valence-electron chi connectivity index (χ2n) is 7.27. The van der Waals surface area contributed by atoms with Crippen molar-refractivity contribution < 1.29 is 4.79 Å². The predicted molar refractivity (Wildman–Crippen MR) is 126 cm³/mol. The molecule has 3 aromatic rings. The van der Waals surface area contributed by atoms with Crippen LogP contribution < -0.4 is 5.32 Å². The Morgan fingerprint density at radius 3 is 2.26 bits per heavy atom. The van der Waals surface area contributed by atoms with Crippen LogP contribution in [0.15, 0.2) is 106 Å².